The Bertz CT molecular complexity index is 554. The number of carbonyl (C=O) groups excluding carboxylic acids is 2. The monoisotopic (exact) mass is 349 g/mol. The first kappa shape index (κ1) is 18.8. The Hall–Kier alpha value is -1.53. The molecule has 1 heterocycles. The molecular formula is C18H27N3O2S. The van der Waals surface area contributed by atoms with Crippen LogP contribution < -0.4 is 5.73 Å². The van der Waals surface area contributed by atoms with Gasteiger partial charge in [0.25, 0.3) is 0 Å². The van der Waals surface area contributed by atoms with E-state index in [9.17, 15) is 9.59 Å². The van der Waals surface area contributed by atoms with Crippen LogP contribution >= 0.6 is 11.8 Å². The minimum atomic E-state index is -0.424. The summed E-state index contributed by atoms with van der Waals surface area (Å²) in [6.07, 6.45) is 3.13. The number of rotatable bonds is 6. The van der Waals surface area contributed by atoms with Crippen LogP contribution in [-0.2, 0) is 16.0 Å². The standard InChI is InChI=1S/C18H27N3O2S/c1-14-3-5-15(6-4-14)13-17(22)20-8-10-21(11-9-20)18(23)16(19)7-12-24-2/h3-6,16H,7-13,19H2,1-2H3/t16-/m0/s1. The van der Waals surface area contributed by atoms with Crippen LogP contribution in [0.3, 0.4) is 0 Å². The number of thioether (sulfide) groups is 1. The molecule has 1 atom stereocenters. The third-order valence-corrected chi connectivity index (χ3v) is 5.01. The molecule has 0 bridgehead atoms. The van der Waals surface area contributed by atoms with Crippen LogP contribution in [0.4, 0.5) is 0 Å². The van der Waals surface area contributed by atoms with E-state index in [0.29, 0.717) is 39.0 Å². The molecule has 0 saturated carbocycles. The van der Waals surface area contributed by atoms with Crippen molar-refractivity contribution in [3.8, 4) is 0 Å². The maximum absolute atomic E-state index is 12.4. The summed E-state index contributed by atoms with van der Waals surface area (Å²) in [5, 5.41) is 0. The predicted octanol–water partition coefficient (Wildman–Crippen LogP) is 1.29. The summed E-state index contributed by atoms with van der Waals surface area (Å²) < 4.78 is 0. The van der Waals surface area contributed by atoms with Crippen molar-refractivity contribution in [2.24, 2.45) is 5.73 Å². The van der Waals surface area contributed by atoms with E-state index in [0.717, 1.165) is 11.3 Å². The van der Waals surface area contributed by atoms with Crippen molar-refractivity contribution in [2.45, 2.75) is 25.8 Å². The maximum atomic E-state index is 12.4. The van der Waals surface area contributed by atoms with Gasteiger partial charge >= 0.3 is 0 Å². The molecule has 1 saturated heterocycles. The lowest BCUT2D eigenvalue weighted by atomic mass is 10.1. The first-order chi connectivity index (χ1) is 11.5. The molecular weight excluding hydrogens is 322 g/mol. The zero-order chi connectivity index (χ0) is 17.5. The molecule has 24 heavy (non-hydrogen) atoms. The fraction of sp³-hybridized carbons (Fsp3) is 0.556. The van der Waals surface area contributed by atoms with Gasteiger partial charge in [-0.2, -0.15) is 11.8 Å². The normalized spacial score (nSPS) is 16.1. The van der Waals surface area contributed by atoms with Crippen molar-refractivity contribution in [1.82, 2.24) is 9.80 Å². The van der Waals surface area contributed by atoms with Crippen molar-refractivity contribution in [3.05, 3.63) is 35.4 Å². The van der Waals surface area contributed by atoms with Crippen LogP contribution in [0, 0.1) is 6.92 Å². The molecule has 0 aliphatic carbocycles. The highest BCUT2D eigenvalue weighted by Gasteiger charge is 2.26. The largest absolute Gasteiger partial charge is 0.339 e. The van der Waals surface area contributed by atoms with Crippen LogP contribution in [0.15, 0.2) is 24.3 Å². The lowest BCUT2D eigenvalue weighted by Gasteiger charge is -2.36. The van der Waals surface area contributed by atoms with Gasteiger partial charge in [-0.15, -0.1) is 0 Å². The molecule has 2 rings (SSSR count). The van der Waals surface area contributed by atoms with Crippen molar-refractivity contribution in [1.29, 1.82) is 0 Å². The third-order valence-electron chi connectivity index (χ3n) is 4.37. The first-order valence-electron chi connectivity index (χ1n) is 8.38. The molecule has 1 aromatic rings. The minimum absolute atomic E-state index is 0.00897. The molecule has 5 nitrogen and oxygen atoms in total. The van der Waals surface area contributed by atoms with Crippen LogP contribution in [0.25, 0.3) is 0 Å². The van der Waals surface area contributed by atoms with Crippen molar-refractivity contribution < 1.29 is 9.59 Å². The summed E-state index contributed by atoms with van der Waals surface area (Å²) in [6.45, 7) is 4.36. The Morgan fingerprint density at radius 2 is 1.71 bits per heavy atom. The average molecular weight is 350 g/mol. The number of piperazine rings is 1. The molecule has 0 unspecified atom stereocenters. The Balaban J connectivity index is 1.80. The van der Waals surface area contributed by atoms with E-state index in [1.165, 1.54) is 5.56 Å². The highest BCUT2D eigenvalue weighted by Crippen LogP contribution is 2.10. The summed E-state index contributed by atoms with van der Waals surface area (Å²) in [5.74, 6) is 1.02. The van der Waals surface area contributed by atoms with E-state index in [1.54, 1.807) is 16.7 Å². The molecule has 1 aliphatic heterocycles. The SMILES string of the molecule is CSCC[C@H](N)C(=O)N1CCN(C(=O)Cc2ccc(C)cc2)CC1. The summed E-state index contributed by atoms with van der Waals surface area (Å²) in [4.78, 5) is 28.3. The number of hydrogen-bond acceptors (Lipinski definition) is 4. The number of benzene rings is 1. The molecule has 2 N–H and O–H groups in total. The zero-order valence-electron chi connectivity index (χ0n) is 14.5. The smallest absolute Gasteiger partial charge is 0.239 e. The van der Waals surface area contributed by atoms with Gasteiger partial charge in [-0.1, -0.05) is 29.8 Å². The van der Waals surface area contributed by atoms with E-state index in [4.69, 9.17) is 5.73 Å². The van der Waals surface area contributed by atoms with Gasteiger partial charge in [-0.25, -0.2) is 0 Å². The van der Waals surface area contributed by atoms with Gasteiger partial charge in [-0.05, 0) is 30.9 Å². The topological polar surface area (TPSA) is 66.6 Å². The molecule has 1 aromatic carbocycles. The highest BCUT2D eigenvalue weighted by molar-refractivity contribution is 7.98. The molecule has 0 radical (unpaired) electrons. The maximum Gasteiger partial charge on any atom is 0.239 e. The van der Waals surface area contributed by atoms with Crippen LogP contribution in [0.1, 0.15) is 17.5 Å². The molecule has 2 amide bonds. The lowest BCUT2D eigenvalue weighted by molar-refractivity contribution is -0.140. The molecule has 1 fully saturated rings. The van der Waals surface area contributed by atoms with E-state index < -0.39 is 6.04 Å². The van der Waals surface area contributed by atoms with Crippen LogP contribution in [0.2, 0.25) is 0 Å². The van der Waals surface area contributed by atoms with Gasteiger partial charge in [0.05, 0.1) is 12.5 Å². The second kappa shape index (κ2) is 9.08. The van der Waals surface area contributed by atoms with Crippen molar-refractivity contribution in [2.75, 3.05) is 38.2 Å². The van der Waals surface area contributed by atoms with Crippen LogP contribution in [0.5, 0.6) is 0 Å². The van der Waals surface area contributed by atoms with Gasteiger partial charge in [0.1, 0.15) is 0 Å². The van der Waals surface area contributed by atoms with Gasteiger partial charge in [0.15, 0.2) is 0 Å². The van der Waals surface area contributed by atoms with E-state index >= 15 is 0 Å². The highest BCUT2D eigenvalue weighted by atomic mass is 32.2. The molecule has 6 heteroatoms. The third kappa shape index (κ3) is 5.24. The van der Waals surface area contributed by atoms with Gasteiger partial charge < -0.3 is 15.5 Å². The quantitative estimate of drug-likeness (QED) is 0.840. The summed E-state index contributed by atoms with van der Waals surface area (Å²) in [6, 6.07) is 7.62. The number of nitrogens with two attached hydrogens (primary N) is 1. The minimum Gasteiger partial charge on any atom is -0.339 e. The summed E-state index contributed by atoms with van der Waals surface area (Å²) in [5.41, 5.74) is 8.18. The van der Waals surface area contributed by atoms with E-state index in [-0.39, 0.29) is 11.8 Å². The Morgan fingerprint density at radius 1 is 1.12 bits per heavy atom. The number of hydrogen-bond donors (Lipinski definition) is 1. The number of nitrogens with zero attached hydrogens (tertiary/aromatic N) is 2. The van der Waals surface area contributed by atoms with Crippen molar-refractivity contribution in [3.63, 3.8) is 0 Å². The average Bonchev–Trinajstić information content (AvgIpc) is 2.61. The first-order valence-corrected chi connectivity index (χ1v) is 9.77. The van der Waals surface area contributed by atoms with Crippen molar-refractivity contribution >= 4 is 23.6 Å². The molecule has 0 aromatic heterocycles. The van der Waals surface area contributed by atoms with Gasteiger partial charge in [-0.3, -0.25) is 9.59 Å². The lowest BCUT2D eigenvalue weighted by Crippen LogP contribution is -2.54. The van der Waals surface area contributed by atoms with E-state index in [2.05, 4.69) is 0 Å². The number of aryl methyl sites for hydroxylation is 1. The Kier molecular flexibility index (Phi) is 7.12. The van der Waals surface area contributed by atoms with Crippen LogP contribution in [-0.4, -0.2) is 65.8 Å². The zero-order valence-corrected chi connectivity index (χ0v) is 15.3. The molecule has 1 aliphatic rings. The van der Waals surface area contributed by atoms with Gasteiger partial charge in [0, 0.05) is 26.2 Å². The summed E-state index contributed by atoms with van der Waals surface area (Å²) in [7, 11) is 0. The molecule has 132 valence electrons. The Morgan fingerprint density at radius 3 is 2.29 bits per heavy atom. The van der Waals surface area contributed by atoms with Gasteiger partial charge in [0.2, 0.25) is 11.8 Å². The fourth-order valence-electron chi connectivity index (χ4n) is 2.77. The second-order valence-corrected chi connectivity index (χ2v) is 7.24. The number of carbonyl (C=O) groups is 2. The molecule has 0 spiro atoms. The number of amides is 2. The fourth-order valence-corrected chi connectivity index (χ4v) is 3.26. The van der Waals surface area contributed by atoms with E-state index in [1.807, 2.05) is 42.3 Å². The predicted molar refractivity (Wildman–Crippen MR) is 99.0 cm³/mol. The second-order valence-electron chi connectivity index (χ2n) is 6.26. The summed E-state index contributed by atoms with van der Waals surface area (Å²) >= 11 is 1.70. The Labute approximate surface area is 148 Å².